The summed E-state index contributed by atoms with van der Waals surface area (Å²) in [6, 6.07) is 5.41. The smallest absolute Gasteiger partial charge is 0.255 e. The molecule has 0 aliphatic rings. The standard InChI is InChI=1S/C64H120N2O3/c1-4-7-10-13-16-19-22-25-27-29-31-33-35-37-39-42-45-48-51-56-65-63(67)60-54-55-61(62(59-60)69-58-53-50-47-44-41-24-21-18-15-12-9-6-3)64(68)66-57-52-49-46-43-40-38-36-34-32-30-28-26-23-20-17-14-11-8-5-2/h54-55,59H,4-53,56-58H2,1-3H3,(H,65,67)(H,66,68). The van der Waals surface area contributed by atoms with E-state index in [1.54, 1.807) is 18.2 Å². The summed E-state index contributed by atoms with van der Waals surface area (Å²) >= 11 is 0. The highest BCUT2D eigenvalue weighted by atomic mass is 16.5. The zero-order valence-corrected chi connectivity index (χ0v) is 46.9. The Morgan fingerprint density at radius 3 is 0.855 bits per heavy atom. The molecule has 404 valence electrons. The van der Waals surface area contributed by atoms with Crippen LogP contribution in [-0.2, 0) is 0 Å². The van der Waals surface area contributed by atoms with Gasteiger partial charge in [-0.3, -0.25) is 9.59 Å². The van der Waals surface area contributed by atoms with E-state index in [-0.39, 0.29) is 11.8 Å². The Balaban J connectivity index is 2.31. The lowest BCUT2D eigenvalue weighted by molar-refractivity contribution is 0.0937. The normalized spacial score (nSPS) is 11.4. The van der Waals surface area contributed by atoms with Crippen molar-refractivity contribution in [3.05, 3.63) is 29.3 Å². The SMILES string of the molecule is CCCCCCCCCCCCCCCCCCCCCNC(=O)c1ccc(C(=O)NCCCCCCCCCCCCCCCCCCCCC)c(OCCCCCCCCCCCCCC)c1. The second-order valence-corrected chi connectivity index (χ2v) is 21.7. The minimum absolute atomic E-state index is 0.0753. The van der Waals surface area contributed by atoms with Crippen molar-refractivity contribution >= 4 is 11.8 Å². The van der Waals surface area contributed by atoms with Crippen LogP contribution < -0.4 is 15.4 Å². The number of amides is 2. The zero-order valence-electron chi connectivity index (χ0n) is 46.9. The van der Waals surface area contributed by atoms with E-state index in [9.17, 15) is 9.59 Å². The minimum atomic E-state index is -0.0943. The van der Waals surface area contributed by atoms with E-state index in [2.05, 4.69) is 31.4 Å². The van der Waals surface area contributed by atoms with Gasteiger partial charge in [-0.1, -0.05) is 323 Å². The summed E-state index contributed by atoms with van der Waals surface area (Å²) in [6.07, 6.45) is 67.3. The van der Waals surface area contributed by atoms with E-state index in [1.807, 2.05) is 0 Å². The molecule has 0 fully saturated rings. The molecule has 2 N–H and O–H groups in total. The van der Waals surface area contributed by atoms with Crippen LogP contribution >= 0.6 is 0 Å². The third kappa shape index (κ3) is 44.4. The number of carbonyl (C=O) groups excluding carboxylic acids is 2. The van der Waals surface area contributed by atoms with Gasteiger partial charge in [0.05, 0.1) is 12.2 Å². The maximum Gasteiger partial charge on any atom is 0.255 e. The van der Waals surface area contributed by atoms with E-state index < -0.39 is 0 Å². The van der Waals surface area contributed by atoms with Gasteiger partial charge in [-0.05, 0) is 37.5 Å². The Bertz CT molecular complexity index is 1220. The first kappa shape index (κ1) is 65.0. The summed E-state index contributed by atoms with van der Waals surface area (Å²) in [7, 11) is 0. The van der Waals surface area contributed by atoms with E-state index in [0.717, 1.165) is 38.5 Å². The average molecular weight is 966 g/mol. The van der Waals surface area contributed by atoms with Crippen molar-refractivity contribution < 1.29 is 14.3 Å². The zero-order chi connectivity index (χ0) is 49.6. The maximum absolute atomic E-state index is 13.4. The van der Waals surface area contributed by atoms with Gasteiger partial charge in [-0.2, -0.15) is 0 Å². The molecule has 1 aromatic carbocycles. The lowest BCUT2D eigenvalue weighted by Crippen LogP contribution is -2.26. The molecule has 1 aromatic rings. The van der Waals surface area contributed by atoms with Gasteiger partial charge < -0.3 is 15.4 Å². The number of carbonyl (C=O) groups is 2. The summed E-state index contributed by atoms with van der Waals surface area (Å²) in [5.41, 5.74) is 1.12. The molecule has 0 aliphatic carbocycles. The summed E-state index contributed by atoms with van der Waals surface area (Å²) < 4.78 is 6.29. The minimum Gasteiger partial charge on any atom is -0.493 e. The van der Waals surface area contributed by atoms with E-state index in [0.29, 0.717) is 36.6 Å². The first-order valence-electron chi connectivity index (χ1n) is 31.5. The number of hydrogen-bond acceptors (Lipinski definition) is 3. The van der Waals surface area contributed by atoms with Crippen molar-refractivity contribution in [2.24, 2.45) is 0 Å². The fourth-order valence-electron chi connectivity index (χ4n) is 10.1. The topological polar surface area (TPSA) is 67.4 Å². The molecule has 0 unspecified atom stereocenters. The molecule has 0 saturated carbocycles. The predicted molar refractivity (Wildman–Crippen MR) is 304 cm³/mol. The van der Waals surface area contributed by atoms with E-state index in [4.69, 9.17) is 4.74 Å². The van der Waals surface area contributed by atoms with Crippen molar-refractivity contribution in [2.75, 3.05) is 19.7 Å². The maximum atomic E-state index is 13.4. The Labute approximate surface area is 431 Å². The highest BCUT2D eigenvalue weighted by Crippen LogP contribution is 2.23. The molecule has 5 heteroatoms. The quantitative estimate of drug-likeness (QED) is 0.0639. The number of nitrogens with one attached hydrogen (secondary N) is 2. The van der Waals surface area contributed by atoms with Gasteiger partial charge in [0.1, 0.15) is 5.75 Å². The lowest BCUT2D eigenvalue weighted by Gasteiger charge is -2.14. The van der Waals surface area contributed by atoms with Gasteiger partial charge in [-0.25, -0.2) is 0 Å². The molecule has 1 rings (SSSR count). The highest BCUT2D eigenvalue weighted by Gasteiger charge is 2.16. The van der Waals surface area contributed by atoms with Crippen LogP contribution in [0.25, 0.3) is 0 Å². The van der Waals surface area contributed by atoms with Crippen molar-refractivity contribution in [1.82, 2.24) is 10.6 Å². The molecule has 2 amide bonds. The number of ether oxygens (including phenoxy) is 1. The van der Waals surface area contributed by atoms with Gasteiger partial charge in [0, 0.05) is 18.7 Å². The van der Waals surface area contributed by atoms with E-state index >= 15 is 0 Å². The number of unbranched alkanes of at least 4 members (excludes halogenated alkanes) is 47. The molecule has 0 atom stereocenters. The molecule has 69 heavy (non-hydrogen) atoms. The molecular formula is C64H120N2O3. The van der Waals surface area contributed by atoms with Crippen LogP contribution in [0.3, 0.4) is 0 Å². The molecular weight excluding hydrogens is 845 g/mol. The fourth-order valence-corrected chi connectivity index (χ4v) is 10.1. The summed E-state index contributed by atoms with van der Waals surface area (Å²) in [6.45, 7) is 8.81. The van der Waals surface area contributed by atoms with Gasteiger partial charge >= 0.3 is 0 Å². The summed E-state index contributed by atoms with van der Waals surface area (Å²) in [5, 5.41) is 6.31. The predicted octanol–water partition coefficient (Wildman–Crippen LogP) is 21.1. The number of rotatable bonds is 56. The number of benzene rings is 1. The van der Waals surface area contributed by atoms with Crippen LogP contribution in [-0.4, -0.2) is 31.5 Å². The molecule has 5 nitrogen and oxygen atoms in total. The summed E-state index contributed by atoms with van der Waals surface area (Å²) in [5.74, 6) is 0.372. The van der Waals surface area contributed by atoms with Crippen LogP contribution in [0, 0.1) is 0 Å². The van der Waals surface area contributed by atoms with Crippen molar-refractivity contribution in [1.29, 1.82) is 0 Å². The molecule has 0 radical (unpaired) electrons. The Morgan fingerprint density at radius 2 is 0.565 bits per heavy atom. The average Bonchev–Trinajstić information content (AvgIpc) is 3.36. The Hall–Kier alpha value is -2.04. The Kier molecular flexibility index (Phi) is 50.6. The molecule has 0 bridgehead atoms. The molecule has 0 aromatic heterocycles. The Morgan fingerprint density at radius 1 is 0.319 bits per heavy atom. The fraction of sp³-hybridized carbons (Fsp3) is 0.875. The first-order chi connectivity index (χ1) is 34.1. The molecule has 0 saturated heterocycles. The summed E-state index contributed by atoms with van der Waals surface area (Å²) in [4.78, 5) is 26.7. The van der Waals surface area contributed by atoms with Gasteiger partial charge in [-0.15, -0.1) is 0 Å². The second kappa shape index (κ2) is 53.8. The lowest BCUT2D eigenvalue weighted by atomic mass is 10.0. The monoisotopic (exact) mass is 965 g/mol. The third-order valence-electron chi connectivity index (χ3n) is 14.9. The van der Waals surface area contributed by atoms with Crippen LogP contribution in [0.15, 0.2) is 18.2 Å². The van der Waals surface area contributed by atoms with Crippen LogP contribution in [0.2, 0.25) is 0 Å². The van der Waals surface area contributed by atoms with E-state index in [1.165, 1.54) is 283 Å². The van der Waals surface area contributed by atoms with Gasteiger partial charge in [0.25, 0.3) is 11.8 Å². The van der Waals surface area contributed by atoms with Crippen molar-refractivity contribution in [3.8, 4) is 5.75 Å². The van der Waals surface area contributed by atoms with Gasteiger partial charge in [0.2, 0.25) is 0 Å². The molecule has 0 heterocycles. The number of hydrogen-bond donors (Lipinski definition) is 2. The third-order valence-corrected chi connectivity index (χ3v) is 14.9. The van der Waals surface area contributed by atoms with Gasteiger partial charge in [0.15, 0.2) is 0 Å². The largest absolute Gasteiger partial charge is 0.493 e. The molecule has 0 aliphatic heterocycles. The van der Waals surface area contributed by atoms with Crippen LogP contribution in [0.1, 0.15) is 363 Å². The van der Waals surface area contributed by atoms with Crippen LogP contribution in [0.5, 0.6) is 5.75 Å². The molecule has 0 spiro atoms. The first-order valence-corrected chi connectivity index (χ1v) is 31.5. The van der Waals surface area contributed by atoms with Crippen LogP contribution in [0.4, 0.5) is 0 Å². The van der Waals surface area contributed by atoms with Crippen molar-refractivity contribution in [3.63, 3.8) is 0 Å². The second-order valence-electron chi connectivity index (χ2n) is 21.7. The van der Waals surface area contributed by atoms with Crippen molar-refractivity contribution in [2.45, 2.75) is 342 Å². The highest BCUT2D eigenvalue weighted by molar-refractivity contribution is 6.00.